The number of hydrogen-bond acceptors (Lipinski definition) is 3. The predicted molar refractivity (Wildman–Crippen MR) is 97.9 cm³/mol. The molecule has 2 rings (SSSR count). The molecule has 0 radical (unpaired) electrons. The van der Waals surface area contributed by atoms with Gasteiger partial charge in [0.1, 0.15) is 0 Å². The molecule has 1 atom stereocenters. The van der Waals surface area contributed by atoms with E-state index in [4.69, 9.17) is 0 Å². The van der Waals surface area contributed by atoms with E-state index in [1.54, 1.807) is 17.3 Å². The molecule has 1 aromatic carbocycles. The van der Waals surface area contributed by atoms with E-state index in [0.717, 1.165) is 24.0 Å². The van der Waals surface area contributed by atoms with Gasteiger partial charge in [-0.1, -0.05) is 31.5 Å². The minimum atomic E-state index is 0.0316. The first kappa shape index (κ1) is 18.1. The van der Waals surface area contributed by atoms with Crippen LogP contribution >= 0.6 is 0 Å². The highest BCUT2D eigenvalue weighted by Crippen LogP contribution is 2.12. The van der Waals surface area contributed by atoms with E-state index >= 15 is 0 Å². The predicted octanol–water partition coefficient (Wildman–Crippen LogP) is 3.28. The molecule has 0 aliphatic rings. The van der Waals surface area contributed by atoms with Crippen molar-refractivity contribution in [3.63, 3.8) is 0 Å². The fourth-order valence-electron chi connectivity index (χ4n) is 2.82. The molecular weight excluding hydrogens is 298 g/mol. The largest absolute Gasteiger partial charge is 0.337 e. The summed E-state index contributed by atoms with van der Waals surface area (Å²) in [5, 5.41) is 3.35. The van der Waals surface area contributed by atoms with Crippen molar-refractivity contribution in [2.45, 2.75) is 38.8 Å². The van der Waals surface area contributed by atoms with Crippen LogP contribution in [-0.4, -0.2) is 35.9 Å². The molecule has 1 heterocycles. The summed E-state index contributed by atoms with van der Waals surface area (Å²) in [5.41, 5.74) is 3.01. The van der Waals surface area contributed by atoms with Crippen LogP contribution in [0, 0.1) is 0 Å². The summed E-state index contributed by atoms with van der Waals surface area (Å²) in [7, 11) is 3.83. The first-order valence-electron chi connectivity index (χ1n) is 8.54. The van der Waals surface area contributed by atoms with Crippen molar-refractivity contribution in [1.29, 1.82) is 0 Å². The molecule has 1 N–H and O–H groups in total. The summed E-state index contributed by atoms with van der Waals surface area (Å²) in [6.07, 6.45) is 6.84. The topological polar surface area (TPSA) is 45.2 Å². The van der Waals surface area contributed by atoms with E-state index in [1.165, 1.54) is 12.0 Å². The van der Waals surface area contributed by atoms with E-state index in [0.29, 0.717) is 12.6 Å². The highest BCUT2D eigenvalue weighted by molar-refractivity contribution is 5.94. The molecule has 128 valence electrons. The van der Waals surface area contributed by atoms with E-state index in [9.17, 15) is 4.79 Å². The van der Waals surface area contributed by atoms with Gasteiger partial charge >= 0.3 is 0 Å². The Morgan fingerprint density at radius 2 is 1.96 bits per heavy atom. The average Bonchev–Trinajstić information content (AvgIpc) is 2.62. The second-order valence-electron chi connectivity index (χ2n) is 6.20. The molecule has 0 saturated carbocycles. The van der Waals surface area contributed by atoms with E-state index < -0.39 is 0 Å². The smallest absolute Gasteiger partial charge is 0.253 e. The van der Waals surface area contributed by atoms with Crippen molar-refractivity contribution in [3.8, 4) is 0 Å². The summed E-state index contributed by atoms with van der Waals surface area (Å²) >= 11 is 0. The Labute approximate surface area is 144 Å². The Balaban J connectivity index is 1.97. The van der Waals surface area contributed by atoms with Gasteiger partial charge in [-0.25, -0.2) is 0 Å². The minimum Gasteiger partial charge on any atom is -0.337 e. The maximum atomic E-state index is 12.5. The third-order valence-corrected chi connectivity index (χ3v) is 4.22. The number of aromatic nitrogens is 1. The maximum Gasteiger partial charge on any atom is 0.253 e. The molecular formula is C20H27N3O. The lowest BCUT2D eigenvalue weighted by Crippen LogP contribution is -2.27. The number of nitrogens with zero attached hydrogens (tertiary/aromatic N) is 2. The Hall–Kier alpha value is -2.20. The summed E-state index contributed by atoms with van der Waals surface area (Å²) in [5.74, 6) is 0.0316. The zero-order chi connectivity index (χ0) is 17.4. The Kier molecular flexibility index (Phi) is 6.94. The van der Waals surface area contributed by atoms with Crippen LogP contribution in [0.5, 0.6) is 0 Å². The SMILES string of the molecule is CCC[C@@H](Cc1ccc(C(=O)N(C)Cc2cccnc2)cc1)NC. The lowest BCUT2D eigenvalue weighted by Gasteiger charge is -2.18. The highest BCUT2D eigenvalue weighted by Gasteiger charge is 2.13. The molecule has 24 heavy (non-hydrogen) atoms. The summed E-state index contributed by atoms with van der Waals surface area (Å²) in [4.78, 5) is 18.3. The molecule has 2 aromatic rings. The third kappa shape index (κ3) is 5.17. The number of nitrogens with one attached hydrogen (secondary N) is 1. The van der Waals surface area contributed by atoms with Crippen LogP contribution in [0.4, 0.5) is 0 Å². The van der Waals surface area contributed by atoms with Gasteiger partial charge in [-0.3, -0.25) is 9.78 Å². The Bertz CT molecular complexity index is 625. The second-order valence-corrected chi connectivity index (χ2v) is 6.20. The normalized spacial score (nSPS) is 12.0. The highest BCUT2D eigenvalue weighted by atomic mass is 16.2. The molecule has 0 spiro atoms. The van der Waals surface area contributed by atoms with Gasteiger partial charge < -0.3 is 10.2 Å². The second kappa shape index (κ2) is 9.18. The van der Waals surface area contributed by atoms with Gasteiger partial charge in [-0.2, -0.15) is 0 Å². The van der Waals surface area contributed by atoms with Crippen molar-refractivity contribution in [2.24, 2.45) is 0 Å². The van der Waals surface area contributed by atoms with Crippen molar-refractivity contribution in [2.75, 3.05) is 14.1 Å². The molecule has 1 amide bonds. The number of rotatable bonds is 8. The standard InChI is InChI=1S/C20H27N3O/c1-4-6-19(21-2)13-16-8-10-18(11-9-16)20(24)23(3)15-17-7-5-12-22-14-17/h5,7-12,14,19,21H,4,6,13,15H2,1-3H3/t19-/m0/s1. The van der Waals surface area contributed by atoms with E-state index in [-0.39, 0.29) is 5.91 Å². The molecule has 0 saturated heterocycles. The van der Waals surface area contributed by atoms with E-state index in [1.807, 2.05) is 38.4 Å². The fraction of sp³-hybridized carbons (Fsp3) is 0.400. The zero-order valence-corrected chi connectivity index (χ0v) is 14.8. The van der Waals surface area contributed by atoms with Crippen molar-refractivity contribution in [1.82, 2.24) is 15.2 Å². The van der Waals surface area contributed by atoms with Gasteiger partial charge in [0, 0.05) is 37.6 Å². The first-order valence-corrected chi connectivity index (χ1v) is 8.54. The molecule has 4 nitrogen and oxygen atoms in total. The maximum absolute atomic E-state index is 12.5. The van der Waals surface area contributed by atoms with Crippen LogP contribution in [0.1, 0.15) is 41.3 Å². The number of pyridine rings is 1. The van der Waals surface area contributed by atoms with E-state index in [2.05, 4.69) is 29.4 Å². The summed E-state index contributed by atoms with van der Waals surface area (Å²) in [6.45, 7) is 2.76. The number of carbonyl (C=O) groups is 1. The molecule has 0 bridgehead atoms. The van der Waals surface area contributed by atoms with Crippen LogP contribution < -0.4 is 5.32 Å². The molecule has 0 fully saturated rings. The molecule has 0 unspecified atom stereocenters. The molecule has 4 heteroatoms. The van der Waals surface area contributed by atoms with Crippen molar-refractivity contribution >= 4 is 5.91 Å². The quantitative estimate of drug-likeness (QED) is 0.810. The van der Waals surface area contributed by atoms with Gasteiger partial charge in [0.05, 0.1) is 0 Å². The van der Waals surface area contributed by atoms with Crippen LogP contribution in [0.3, 0.4) is 0 Å². The van der Waals surface area contributed by atoms with Crippen LogP contribution in [0.2, 0.25) is 0 Å². The lowest BCUT2D eigenvalue weighted by atomic mass is 10.0. The van der Waals surface area contributed by atoms with Crippen LogP contribution in [0.15, 0.2) is 48.8 Å². The zero-order valence-electron chi connectivity index (χ0n) is 14.8. The Morgan fingerprint density at radius 1 is 1.21 bits per heavy atom. The fourth-order valence-corrected chi connectivity index (χ4v) is 2.82. The van der Waals surface area contributed by atoms with Gasteiger partial charge in [0.25, 0.3) is 5.91 Å². The van der Waals surface area contributed by atoms with Gasteiger partial charge in [-0.15, -0.1) is 0 Å². The number of carbonyl (C=O) groups excluding carboxylic acids is 1. The van der Waals surface area contributed by atoms with Crippen LogP contribution in [0.25, 0.3) is 0 Å². The number of amides is 1. The number of likely N-dealkylation sites (N-methyl/N-ethyl adjacent to an activating group) is 1. The van der Waals surface area contributed by atoms with Gasteiger partial charge in [0.2, 0.25) is 0 Å². The van der Waals surface area contributed by atoms with Gasteiger partial charge in [0.15, 0.2) is 0 Å². The van der Waals surface area contributed by atoms with Crippen molar-refractivity contribution < 1.29 is 4.79 Å². The average molecular weight is 325 g/mol. The summed E-state index contributed by atoms with van der Waals surface area (Å²) < 4.78 is 0. The lowest BCUT2D eigenvalue weighted by molar-refractivity contribution is 0.0785. The Morgan fingerprint density at radius 3 is 2.54 bits per heavy atom. The van der Waals surface area contributed by atoms with Crippen LogP contribution in [-0.2, 0) is 13.0 Å². The monoisotopic (exact) mass is 325 g/mol. The molecule has 0 aliphatic carbocycles. The third-order valence-electron chi connectivity index (χ3n) is 4.22. The minimum absolute atomic E-state index is 0.0316. The van der Waals surface area contributed by atoms with Crippen molar-refractivity contribution in [3.05, 3.63) is 65.5 Å². The first-order chi connectivity index (χ1) is 11.6. The molecule has 1 aromatic heterocycles. The molecule has 0 aliphatic heterocycles. The van der Waals surface area contributed by atoms with Gasteiger partial charge in [-0.05, 0) is 49.2 Å². The number of hydrogen-bond donors (Lipinski definition) is 1. The number of benzene rings is 1. The summed E-state index contributed by atoms with van der Waals surface area (Å²) in [6, 6.07) is 12.3.